The molecule has 170 valence electrons. The van der Waals surface area contributed by atoms with Crippen LogP contribution in [-0.4, -0.2) is 80.3 Å². The molecule has 1 fully saturated rings. The van der Waals surface area contributed by atoms with Gasteiger partial charge in [-0.05, 0) is 0 Å². The van der Waals surface area contributed by atoms with Crippen LogP contribution in [-0.2, 0) is 28.8 Å². The molecule has 2 aliphatic heterocycles. The molecular weight excluding hydrogens is 468 g/mol. The first-order valence-electron chi connectivity index (χ1n) is 8.74. The zero-order valence-corrected chi connectivity index (χ0v) is 18.2. The summed E-state index contributed by atoms with van der Waals surface area (Å²) in [5.74, 6) is -3.86. The molecule has 2 aliphatic rings. The fraction of sp³-hybridized carbons (Fsp3) is 0.375. The fourth-order valence-corrected chi connectivity index (χ4v) is 4.97. The van der Waals surface area contributed by atoms with Crippen molar-refractivity contribution in [2.45, 2.75) is 18.3 Å². The van der Waals surface area contributed by atoms with E-state index < -0.39 is 40.9 Å². The highest BCUT2D eigenvalue weighted by Crippen LogP contribution is 2.42. The number of thioether (sulfide) groups is 1. The van der Waals surface area contributed by atoms with Gasteiger partial charge in [0.2, 0.25) is 0 Å². The standard InChI is InChI=1S/C16H16N6O8S2/c1-6(23)30-3-7-4-31-14-11(13(25)21(14)10(7)15(26)27)22(20-28)12(24)9(19-29-2)8-5-32-16(17)18-8/h5,11,14H,3-4H2,1-2H3,(H2,17,18)(H,26,27)/b19-9-/t11-,14-/m1/s1. The first-order valence-corrected chi connectivity index (χ1v) is 10.7. The quantitative estimate of drug-likeness (QED) is 0.163. The fourth-order valence-electron chi connectivity index (χ4n) is 3.06. The highest BCUT2D eigenvalue weighted by atomic mass is 32.2. The number of rotatable bonds is 8. The smallest absolute Gasteiger partial charge is 0.352 e. The monoisotopic (exact) mass is 484 g/mol. The summed E-state index contributed by atoms with van der Waals surface area (Å²) in [5, 5.41) is 16.9. The van der Waals surface area contributed by atoms with Gasteiger partial charge in [-0.25, -0.2) is 9.78 Å². The summed E-state index contributed by atoms with van der Waals surface area (Å²) in [4.78, 5) is 69.7. The first-order chi connectivity index (χ1) is 15.2. The number of carboxylic acid groups (broad SMARTS) is 1. The number of nitrogen functional groups attached to an aromatic ring is 1. The summed E-state index contributed by atoms with van der Waals surface area (Å²) in [6.07, 6.45) is 0. The third-order valence-electron chi connectivity index (χ3n) is 4.38. The molecule has 0 bridgehead atoms. The molecule has 14 nitrogen and oxygen atoms in total. The molecule has 3 heterocycles. The maximum atomic E-state index is 13.0. The van der Waals surface area contributed by atoms with Crippen LogP contribution in [0.2, 0.25) is 0 Å². The lowest BCUT2D eigenvalue weighted by atomic mass is 10.0. The number of oxime groups is 1. The molecule has 0 aromatic carbocycles. The number of nitrogens with zero attached hydrogens (tertiary/aromatic N) is 5. The number of nitroso groups, excluding NO2 is 1. The van der Waals surface area contributed by atoms with Gasteiger partial charge in [-0.2, -0.15) is 5.01 Å². The van der Waals surface area contributed by atoms with Gasteiger partial charge < -0.3 is 20.4 Å². The summed E-state index contributed by atoms with van der Waals surface area (Å²) < 4.78 is 4.86. The second-order valence-electron chi connectivity index (χ2n) is 6.32. The molecule has 16 heteroatoms. The maximum absolute atomic E-state index is 13.0. The number of ether oxygens (including phenoxy) is 1. The molecule has 2 amide bonds. The van der Waals surface area contributed by atoms with Gasteiger partial charge in [0.15, 0.2) is 16.9 Å². The topological polar surface area (TPSA) is 194 Å². The molecule has 1 aromatic heterocycles. The molecule has 3 N–H and O–H groups in total. The molecule has 3 rings (SSSR count). The Morgan fingerprint density at radius 1 is 1.44 bits per heavy atom. The van der Waals surface area contributed by atoms with E-state index in [2.05, 4.69) is 20.3 Å². The van der Waals surface area contributed by atoms with E-state index in [0.717, 1.165) is 28.0 Å². The van der Waals surface area contributed by atoms with Crippen LogP contribution in [0.1, 0.15) is 12.6 Å². The van der Waals surface area contributed by atoms with Gasteiger partial charge in [0.25, 0.3) is 5.91 Å². The normalized spacial score (nSPS) is 20.2. The van der Waals surface area contributed by atoms with Crippen molar-refractivity contribution in [3.63, 3.8) is 0 Å². The number of thiazole rings is 1. The van der Waals surface area contributed by atoms with Gasteiger partial charge in [-0.15, -0.1) is 28.0 Å². The molecule has 0 aliphatic carbocycles. The van der Waals surface area contributed by atoms with Crippen LogP contribution in [0.25, 0.3) is 0 Å². The zero-order valence-electron chi connectivity index (χ0n) is 16.6. The molecule has 0 spiro atoms. The van der Waals surface area contributed by atoms with Crippen LogP contribution in [0.15, 0.2) is 27.1 Å². The van der Waals surface area contributed by atoms with Crippen molar-refractivity contribution in [2.75, 3.05) is 25.2 Å². The van der Waals surface area contributed by atoms with Gasteiger partial charge in [-0.1, -0.05) is 5.16 Å². The summed E-state index contributed by atoms with van der Waals surface area (Å²) in [5.41, 5.74) is 5.02. The molecule has 1 aromatic rings. The molecule has 2 atom stereocenters. The lowest BCUT2D eigenvalue weighted by molar-refractivity contribution is -0.158. The number of amides is 2. The number of fused-ring (bicyclic) bond motifs is 1. The van der Waals surface area contributed by atoms with Crippen molar-refractivity contribution >= 4 is 57.7 Å². The Labute approximate surface area is 187 Å². The number of carbonyl (C=O) groups excluding carboxylic acids is 3. The Morgan fingerprint density at radius 2 is 2.16 bits per heavy atom. The predicted molar refractivity (Wildman–Crippen MR) is 111 cm³/mol. The number of aliphatic carboxylic acids is 1. The van der Waals surface area contributed by atoms with Crippen molar-refractivity contribution < 1.29 is 33.9 Å². The molecule has 0 saturated carbocycles. The van der Waals surface area contributed by atoms with Crippen LogP contribution >= 0.6 is 23.1 Å². The van der Waals surface area contributed by atoms with E-state index in [4.69, 9.17) is 10.5 Å². The summed E-state index contributed by atoms with van der Waals surface area (Å²) in [6, 6.07) is -1.38. The van der Waals surface area contributed by atoms with Crippen molar-refractivity contribution in [3.05, 3.63) is 27.3 Å². The Hall–Kier alpha value is -3.53. The van der Waals surface area contributed by atoms with E-state index in [1.165, 1.54) is 19.4 Å². The van der Waals surface area contributed by atoms with Crippen molar-refractivity contribution in [3.8, 4) is 0 Å². The highest BCUT2D eigenvalue weighted by molar-refractivity contribution is 8.00. The Morgan fingerprint density at radius 3 is 2.69 bits per heavy atom. The van der Waals surface area contributed by atoms with Crippen molar-refractivity contribution in [2.24, 2.45) is 10.4 Å². The van der Waals surface area contributed by atoms with E-state index in [-0.39, 0.29) is 34.5 Å². The van der Waals surface area contributed by atoms with Crippen LogP contribution < -0.4 is 5.73 Å². The van der Waals surface area contributed by atoms with Gasteiger partial charge in [-0.3, -0.25) is 19.3 Å². The van der Waals surface area contributed by atoms with Gasteiger partial charge in [0.1, 0.15) is 30.5 Å². The third-order valence-corrected chi connectivity index (χ3v) is 6.38. The van der Waals surface area contributed by atoms with Crippen LogP contribution in [0.5, 0.6) is 0 Å². The Balaban J connectivity index is 1.89. The van der Waals surface area contributed by atoms with Crippen molar-refractivity contribution in [1.82, 2.24) is 14.9 Å². The summed E-state index contributed by atoms with van der Waals surface area (Å²) in [6.45, 7) is 0.856. The average Bonchev–Trinajstić information content (AvgIpc) is 3.18. The number of hydrogen-bond donors (Lipinski definition) is 2. The van der Waals surface area contributed by atoms with Crippen LogP contribution in [0.3, 0.4) is 0 Å². The van der Waals surface area contributed by atoms with E-state index in [1.807, 2.05) is 0 Å². The molecule has 0 unspecified atom stereocenters. The highest BCUT2D eigenvalue weighted by Gasteiger charge is 2.58. The maximum Gasteiger partial charge on any atom is 0.352 e. The van der Waals surface area contributed by atoms with Crippen LogP contribution in [0, 0.1) is 4.91 Å². The average molecular weight is 484 g/mol. The largest absolute Gasteiger partial charge is 0.477 e. The predicted octanol–water partition coefficient (Wildman–Crippen LogP) is -0.229. The summed E-state index contributed by atoms with van der Waals surface area (Å²) >= 11 is 2.10. The lowest BCUT2D eigenvalue weighted by Gasteiger charge is -2.50. The zero-order chi connectivity index (χ0) is 23.6. The van der Waals surface area contributed by atoms with E-state index in [0.29, 0.717) is 5.01 Å². The van der Waals surface area contributed by atoms with Crippen LogP contribution in [0.4, 0.5) is 5.13 Å². The molecule has 0 radical (unpaired) electrons. The summed E-state index contributed by atoms with van der Waals surface area (Å²) in [7, 11) is 1.17. The second-order valence-corrected chi connectivity index (χ2v) is 8.31. The van der Waals surface area contributed by atoms with Crippen molar-refractivity contribution in [1.29, 1.82) is 0 Å². The second kappa shape index (κ2) is 9.31. The number of aromatic nitrogens is 1. The van der Waals surface area contributed by atoms with E-state index >= 15 is 0 Å². The van der Waals surface area contributed by atoms with E-state index in [9.17, 15) is 29.2 Å². The Bertz CT molecular complexity index is 1050. The van der Waals surface area contributed by atoms with E-state index in [1.54, 1.807) is 0 Å². The minimum atomic E-state index is -1.42. The SMILES string of the molecule is CO/N=C(\C(=O)N(N=O)[C@@H]1C(=O)N2C(C(=O)O)=C(COC(C)=O)CS[C@H]12)c1csc(N)n1. The number of nitrogens with two attached hydrogens (primary N) is 1. The lowest BCUT2D eigenvalue weighted by Crippen LogP contribution is -2.70. The van der Waals surface area contributed by atoms with Gasteiger partial charge in [0, 0.05) is 23.6 Å². The number of esters is 1. The third kappa shape index (κ3) is 4.13. The minimum absolute atomic E-state index is 0.0164. The Kier molecular flexibility index (Phi) is 6.73. The molecule has 32 heavy (non-hydrogen) atoms. The minimum Gasteiger partial charge on any atom is -0.477 e. The van der Waals surface area contributed by atoms with Gasteiger partial charge in [0.05, 0.1) is 5.29 Å². The molecule has 1 saturated heterocycles. The number of carbonyl (C=O) groups is 4. The molecular formula is C16H16N6O8S2. The number of carboxylic acids is 1. The number of hydrogen-bond acceptors (Lipinski definition) is 13. The number of anilines is 1. The number of β-lactam (4-membered cyclic amide) rings is 1. The van der Waals surface area contributed by atoms with Gasteiger partial charge >= 0.3 is 17.8 Å². The first kappa shape index (κ1) is 23.1.